The largest absolute Gasteiger partial charge is 0.495 e. The zero-order valence-corrected chi connectivity index (χ0v) is 18.5. The summed E-state index contributed by atoms with van der Waals surface area (Å²) in [5.41, 5.74) is 2.18. The molecule has 0 spiro atoms. The van der Waals surface area contributed by atoms with Gasteiger partial charge >= 0.3 is 6.01 Å². The first-order valence-corrected chi connectivity index (χ1v) is 10.4. The van der Waals surface area contributed by atoms with Gasteiger partial charge in [0.25, 0.3) is 0 Å². The SMILES string of the molecule is COc1ccc(CNc2nc(OCc3ccccn3)ncc2C(=O)c2ccccn2)cc1Cl. The van der Waals surface area contributed by atoms with E-state index in [0.717, 1.165) is 11.3 Å². The second kappa shape index (κ2) is 10.5. The molecule has 0 atom stereocenters. The first-order valence-electron chi connectivity index (χ1n) is 10.1. The summed E-state index contributed by atoms with van der Waals surface area (Å²) in [4.78, 5) is 30.0. The van der Waals surface area contributed by atoms with E-state index >= 15 is 0 Å². The Balaban J connectivity index is 1.58. The van der Waals surface area contributed by atoms with Crippen molar-refractivity contribution in [2.45, 2.75) is 13.2 Å². The lowest BCUT2D eigenvalue weighted by atomic mass is 10.1. The third-order valence-electron chi connectivity index (χ3n) is 4.66. The summed E-state index contributed by atoms with van der Waals surface area (Å²) in [6, 6.07) is 16.2. The van der Waals surface area contributed by atoms with E-state index < -0.39 is 0 Å². The van der Waals surface area contributed by atoms with Crippen LogP contribution >= 0.6 is 11.6 Å². The number of carbonyl (C=O) groups is 1. The molecule has 0 saturated carbocycles. The molecule has 0 aliphatic heterocycles. The molecule has 4 aromatic rings. The van der Waals surface area contributed by atoms with Crippen molar-refractivity contribution in [3.8, 4) is 11.8 Å². The van der Waals surface area contributed by atoms with Crippen LogP contribution in [0.15, 0.2) is 73.2 Å². The molecule has 1 N–H and O–H groups in total. The Labute approximate surface area is 195 Å². The van der Waals surface area contributed by atoms with Crippen molar-refractivity contribution in [3.63, 3.8) is 0 Å². The maximum Gasteiger partial charge on any atom is 0.318 e. The third-order valence-corrected chi connectivity index (χ3v) is 4.96. The molecule has 0 radical (unpaired) electrons. The number of methoxy groups -OCH3 is 1. The van der Waals surface area contributed by atoms with E-state index in [9.17, 15) is 4.79 Å². The number of hydrogen-bond donors (Lipinski definition) is 1. The minimum absolute atomic E-state index is 0.119. The van der Waals surface area contributed by atoms with Crippen LogP contribution in [-0.2, 0) is 13.2 Å². The zero-order chi connectivity index (χ0) is 23.0. The highest BCUT2D eigenvalue weighted by molar-refractivity contribution is 6.32. The Morgan fingerprint density at radius 3 is 2.55 bits per heavy atom. The molecule has 166 valence electrons. The average Bonchev–Trinajstić information content (AvgIpc) is 2.87. The number of nitrogens with zero attached hydrogens (tertiary/aromatic N) is 4. The first kappa shape index (κ1) is 22.2. The van der Waals surface area contributed by atoms with Gasteiger partial charge in [0, 0.05) is 25.1 Å². The topological polar surface area (TPSA) is 99.1 Å². The molecule has 0 unspecified atom stereocenters. The van der Waals surface area contributed by atoms with Gasteiger partial charge < -0.3 is 14.8 Å². The molecule has 1 aromatic carbocycles. The predicted octanol–water partition coefficient (Wildman–Crippen LogP) is 4.35. The van der Waals surface area contributed by atoms with Crippen LogP contribution in [0.1, 0.15) is 27.3 Å². The van der Waals surface area contributed by atoms with Gasteiger partial charge in [0.15, 0.2) is 0 Å². The lowest BCUT2D eigenvalue weighted by Gasteiger charge is -2.13. The van der Waals surface area contributed by atoms with Crippen molar-refractivity contribution in [1.82, 2.24) is 19.9 Å². The molecule has 3 aromatic heterocycles. The lowest BCUT2D eigenvalue weighted by Crippen LogP contribution is -2.13. The maximum atomic E-state index is 13.0. The Hall–Kier alpha value is -4.04. The second-order valence-electron chi connectivity index (χ2n) is 6.89. The normalized spacial score (nSPS) is 10.5. The number of rotatable bonds is 9. The van der Waals surface area contributed by atoms with Crippen LogP contribution in [-0.4, -0.2) is 32.8 Å². The second-order valence-corrected chi connectivity index (χ2v) is 7.30. The van der Waals surface area contributed by atoms with Crippen molar-refractivity contribution in [2.75, 3.05) is 12.4 Å². The maximum absolute atomic E-state index is 13.0. The number of carbonyl (C=O) groups excluding carboxylic acids is 1. The van der Waals surface area contributed by atoms with Gasteiger partial charge in [-0.1, -0.05) is 29.8 Å². The van der Waals surface area contributed by atoms with Gasteiger partial charge in [-0.15, -0.1) is 0 Å². The number of aromatic nitrogens is 4. The van der Waals surface area contributed by atoms with Crippen molar-refractivity contribution in [2.24, 2.45) is 0 Å². The van der Waals surface area contributed by atoms with E-state index in [4.69, 9.17) is 21.1 Å². The van der Waals surface area contributed by atoms with E-state index in [1.54, 1.807) is 49.8 Å². The molecule has 0 aliphatic carbocycles. The number of ketones is 1. The summed E-state index contributed by atoms with van der Waals surface area (Å²) in [6.07, 6.45) is 4.67. The van der Waals surface area contributed by atoms with Crippen molar-refractivity contribution in [1.29, 1.82) is 0 Å². The van der Waals surface area contributed by atoms with Gasteiger partial charge in [-0.2, -0.15) is 4.98 Å². The third kappa shape index (κ3) is 5.61. The summed E-state index contributed by atoms with van der Waals surface area (Å²) in [7, 11) is 1.56. The molecular formula is C24H20ClN5O3. The minimum Gasteiger partial charge on any atom is -0.495 e. The molecule has 9 heteroatoms. The summed E-state index contributed by atoms with van der Waals surface area (Å²) >= 11 is 6.23. The molecule has 33 heavy (non-hydrogen) atoms. The summed E-state index contributed by atoms with van der Waals surface area (Å²) < 4.78 is 10.9. The number of nitrogens with one attached hydrogen (secondary N) is 1. The number of ether oxygens (including phenoxy) is 2. The van der Waals surface area contributed by atoms with E-state index in [-0.39, 0.29) is 24.0 Å². The van der Waals surface area contributed by atoms with Crippen LogP contribution in [0.2, 0.25) is 5.02 Å². The number of benzene rings is 1. The summed E-state index contributed by atoms with van der Waals surface area (Å²) in [6.45, 7) is 0.560. The summed E-state index contributed by atoms with van der Waals surface area (Å²) in [5, 5.41) is 3.68. The van der Waals surface area contributed by atoms with Gasteiger partial charge in [-0.25, -0.2) is 4.98 Å². The quantitative estimate of drug-likeness (QED) is 0.367. The van der Waals surface area contributed by atoms with Crippen LogP contribution in [0.3, 0.4) is 0 Å². The van der Waals surface area contributed by atoms with Gasteiger partial charge in [0.05, 0.1) is 23.4 Å². The van der Waals surface area contributed by atoms with E-state index in [1.807, 2.05) is 24.3 Å². The van der Waals surface area contributed by atoms with E-state index in [2.05, 4.69) is 25.3 Å². The molecular weight excluding hydrogens is 442 g/mol. The molecule has 0 saturated heterocycles. The lowest BCUT2D eigenvalue weighted by molar-refractivity contribution is 0.103. The van der Waals surface area contributed by atoms with Crippen LogP contribution in [0.5, 0.6) is 11.8 Å². The molecule has 8 nitrogen and oxygen atoms in total. The standard InChI is InChI=1S/C24H20ClN5O3/c1-32-21-9-8-16(12-19(21)25)13-28-23-18(22(31)20-7-3-5-11-27-20)14-29-24(30-23)33-15-17-6-2-4-10-26-17/h2-12,14H,13,15H2,1H3,(H,28,29,30). The highest BCUT2D eigenvalue weighted by Crippen LogP contribution is 2.26. The molecule has 0 amide bonds. The van der Waals surface area contributed by atoms with Gasteiger partial charge in [0.2, 0.25) is 5.78 Å². The average molecular weight is 462 g/mol. The smallest absolute Gasteiger partial charge is 0.318 e. The molecule has 0 aliphatic rings. The molecule has 0 bridgehead atoms. The van der Waals surface area contributed by atoms with Gasteiger partial charge in [-0.3, -0.25) is 14.8 Å². The van der Waals surface area contributed by atoms with E-state index in [0.29, 0.717) is 28.8 Å². The number of anilines is 1. The number of pyridine rings is 2. The van der Waals surface area contributed by atoms with Crippen LogP contribution in [0.4, 0.5) is 5.82 Å². The number of halogens is 1. The fraction of sp³-hybridized carbons (Fsp3) is 0.125. The van der Waals surface area contributed by atoms with Gasteiger partial charge in [-0.05, 0) is 42.0 Å². The Bertz CT molecular complexity index is 1240. The minimum atomic E-state index is -0.304. The van der Waals surface area contributed by atoms with Crippen LogP contribution in [0.25, 0.3) is 0 Å². The van der Waals surface area contributed by atoms with Crippen LogP contribution in [0, 0.1) is 0 Å². The number of hydrogen-bond acceptors (Lipinski definition) is 8. The predicted molar refractivity (Wildman–Crippen MR) is 124 cm³/mol. The van der Waals surface area contributed by atoms with Crippen LogP contribution < -0.4 is 14.8 Å². The zero-order valence-electron chi connectivity index (χ0n) is 17.7. The molecule has 4 rings (SSSR count). The van der Waals surface area contributed by atoms with Gasteiger partial charge in [0.1, 0.15) is 23.9 Å². The van der Waals surface area contributed by atoms with Crippen molar-refractivity contribution in [3.05, 3.63) is 101 Å². The first-order chi connectivity index (χ1) is 16.1. The molecule has 3 heterocycles. The fourth-order valence-corrected chi connectivity index (χ4v) is 3.28. The van der Waals surface area contributed by atoms with Crippen molar-refractivity contribution < 1.29 is 14.3 Å². The fourth-order valence-electron chi connectivity index (χ4n) is 3.00. The Morgan fingerprint density at radius 2 is 1.85 bits per heavy atom. The highest BCUT2D eigenvalue weighted by atomic mass is 35.5. The summed E-state index contributed by atoms with van der Waals surface area (Å²) in [5.74, 6) is 0.601. The Morgan fingerprint density at radius 1 is 1.03 bits per heavy atom. The monoisotopic (exact) mass is 461 g/mol. The highest BCUT2D eigenvalue weighted by Gasteiger charge is 2.18. The Kier molecular flexibility index (Phi) is 7.06. The van der Waals surface area contributed by atoms with E-state index in [1.165, 1.54) is 6.20 Å². The molecule has 0 fully saturated rings. The van der Waals surface area contributed by atoms with Crippen molar-refractivity contribution >= 4 is 23.2 Å².